The van der Waals surface area contributed by atoms with Gasteiger partial charge in [-0.15, -0.1) is 0 Å². The summed E-state index contributed by atoms with van der Waals surface area (Å²) in [7, 11) is 1.61. The highest BCUT2D eigenvalue weighted by Crippen LogP contribution is 2.16. The maximum Gasteiger partial charge on any atom is 0.256 e. The van der Waals surface area contributed by atoms with Gasteiger partial charge < -0.3 is 10.6 Å². The molecule has 0 saturated carbocycles. The number of halogens is 2. The van der Waals surface area contributed by atoms with Gasteiger partial charge in [-0.05, 0) is 37.9 Å². The summed E-state index contributed by atoms with van der Waals surface area (Å²) in [5, 5.41) is 0. The van der Waals surface area contributed by atoms with Crippen molar-refractivity contribution in [2.75, 3.05) is 20.1 Å². The zero-order chi connectivity index (χ0) is 14.4. The number of nitrogens with zero attached hydrogens (tertiary/aromatic N) is 1. The maximum absolute atomic E-state index is 13.6. The van der Waals surface area contributed by atoms with E-state index in [4.69, 9.17) is 5.73 Å². The largest absolute Gasteiger partial charge is 0.342 e. The van der Waals surface area contributed by atoms with Crippen molar-refractivity contribution >= 4 is 5.91 Å². The summed E-state index contributed by atoms with van der Waals surface area (Å²) in [6, 6.07) is 2.01. The summed E-state index contributed by atoms with van der Waals surface area (Å²) >= 11 is 0. The Morgan fingerprint density at radius 3 is 2.53 bits per heavy atom. The monoisotopic (exact) mass is 270 g/mol. The summed E-state index contributed by atoms with van der Waals surface area (Å²) in [4.78, 5) is 13.5. The number of carbonyl (C=O) groups excluding carboxylic acids is 1. The van der Waals surface area contributed by atoms with Gasteiger partial charge in [0, 0.05) is 19.7 Å². The van der Waals surface area contributed by atoms with Crippen molar-refractivity contribution in [3.05, 3.63) is 34.9 Å². The second-order valence-electron chi connectivity index (χ2n) is 4.66. The molecule has 1 aromatic carbocycles. The molecule has 0 saturated heterocycles. The van der Waals surface area contributed by atoms with Gasteiger partial charge in [0.2, 0.25) is 0 Å². The molecule has 2 N–H and O–H groups in total. The fraction of sp³-hybridized carbons (Fsp3) is 0.500. The van der Waals surface area contributed by atoms with Crippen LogP contribution in [-0.2, 0) is 0 Å². The van der Waals surface area contributed by atoms with E-state index in [2.05, 4.69) is 0 Å². The molecular weight excluding hydrogens is 250 g/mol. The molecule has 19 heavy (non-hydrogen) atoms. The van der Waals surface area contributed by atoms with E-state index in [1.165, 1.54) is 17.9 Å². The standard InChI is InChI=1S/C14H20F2N2O/c1-10-8-11(13(16)9-12(10)15)14(19)18(2)7-5-3-4-6-17/h8-9H,3-7,17H2,1-2H3. The van der Waals surface area contributed by atoms with Gasteiger partial charge in [0.05, 0.1) is 5.56 Å². The molecule has 0 fully saturated rings. The van der Waals surface area contributed by atoms with Crippen molar-refractivity contribution in [1.82, 2.24) is 4.90 Å². The number of benzene rings is 1. The van der Waals surface area contributed by atoms with Gasteiger partial charge in [0.15, 0.2) is 0 Å². The van der Waals surface area contributed by atoms with Crippen molar-refractivity contribution in [2.45, 2.75) is 26.2 Å². The lowest BCUT2D eigenvalue weighted by Crippen LogP contribution is -2.28. The quantitative estimate of drug-likeness (QED) is 0.807. The van der Waals surface area contributed by atoms with Crippen LogP contribution in [-0.4, -0.2) is 30.9 Å². The van der Waals surface area contributed by atoms with E-state index < -0.39 is 17.5 Å². The zero-order valence-electron chi connectivity index (χ0n) is 11.4. The fourth-order valence-corrected chi connectivity index (χ4v) is 1.80. The Labute approximate surface area is 112 Å². The molecule has 1 rings (SSSR count). The van der Waals surface area contributed by atoms with Crippen molar-refractivity contribution in [3.8, 4) is 0 Å². The second kappa shape index (κ2) is 7.19. The molecule has 3 nitrogen and oxygen atoms in total. The van der Waals surface area contributed by atoms with Gasteiger partial charge in [-0.3, -0.25) is 4.79 Å². The highest BCUT2D eigenvalue weighted by Gasteiger charge is 2.17. The van der Waals surface area contributed by atoms with Gasteiger partial charge >= 0.3 is 0 Å². The first kappa shape index (κ1) is 15.6. The molecular formula is C14H20F2N2O. The lowest BCUT2D eigenvalue weighted by Gasteiger charge is -2.17. The van der Waals surface area contributed by atoms with Gasteiger partial charge in [-0.25, -0.2) is 8.78 Å². The van der Waals surface area contributed by atoms with Crippen molar-refractivity contribution in [3.63, 3.8) is 0 Å². The Hall–Kier alpha value is -1.49. The predicted molar refractivity (Wildman–Crippen MR) is 71.0 cm³/mol. The van der Waals surface area contributed by atoms with Crippen LogP contribution in [0.25, 0.3) is 0 Å². The zero-order valence-corrected chi connectivity index (χ0v) is 11.4. The predicted octanol–water partition coefficient (Wildman–Crippen LogP) is 2.47. The number of unbranched alkanes of at least 4 members (excludes halogenated alkanes) is 2. The van der Waals surface area contributed by atoms with Crippen molar-refractivity contribution in [2.24, 2.45) is 5.73 Å². The molecule has 0 aliphatic carbocycles. The SMILES string of the molecule is Cc1cc(C(=O)N(C)CCCCCN)c(F)cc1F. The molecule has 5 heteroatoms. The van der Waals surface area contributed by atoms with Crippen molar-refractivity contribution < 1.29 is 13.6 Å². The molecule has 0 aliphatic heterocycles. The van der Waals surface area contributed by atoms with Gasteiger partial charge in [-0.1, -0.05) is 6.42 Å². The Morgan fingerprint density at radius 1 is 1.21 bits per heavy atom. The molecule has 0 unspecified atom stereocenters. The first-order valence-corrected chi connectivity index (χ1v) is 6.38. The number of rotatable bonds is 6. The minimum atomic E-state index is -0.818. The third-order valence-electron chi connectivity index (χ3n) is 3.02. The Kier molecular flexibility index (Phi) is 5.89. The van der Waals surface area contributed by atoms with Crippen LogP contribution >= 0.6 is 0 Å². The Bertz CT molecular complexity index is 449. The van der Waals surface area contributed by atoms with Crippen LogP contribution in [0.4, 0.5) is 8.78 Å². The first-order chi connectivity index (χ1) is 8.97. The molecule has 0 radical (unpaired) electrons. The molecule has 0 spiro atoms. The molecule has 0 aliphatic rings. The van der Waals surface area contributed by atoms with Crippen LogP contribution in [0.15, 0.2) is 12.1 Å². The number of aryl methyl sites for hydroxylation is 1. The van der Waals surface area contributed by atoms with E-state index in [0.717, 1.165) is 25.3 Å². The van der Waals surface area contributed by atoms with E-state index in [1.54, 1.807) is 7.05 Å². The number of carbonyl (C=O) groups is 1. The van der Waals surface area contributed by atoms with Gasteiger partial charge in [0.1, 0.15) is 11.6 Å². The number of nitrogens with two attached hydrogens (primary N) is 1. The Morgan fingerprint density at radius 2 is 1.89 bits per heavy atom. The van der Waals surface area contributed by atoms with Crippen molar-refractivity contribution in [1.29, 1.82) is 0 Å². The molecule has 0 atom stereocenters. The normalized spacial score (nSPS) is 10.6. The molecule has 106 valence electrons. The van der Waals surface area contributed by atoms with Crippen LogP contribution in [0.5, 0.6) is 0 Å². The minimum absolute atomic E-state index is 0.0831. The third-order valence-corrected chi connectivity index (χ3v) is 3.02. The molecule has 0 bridgehead atoms. The second-order valence-corrected chi connectivity index (χ2v) is 4.66. The first-order valence-electron chi connectivity index (χ1n) is 6.38. The molecule has 0 heterocycles. The molecule has 1 amide bonds. The van der Waals surface area contributed by atoms with E-state index in [9.17, 15) is 13.6 Å². The topological polar surface area (TPSA) is 46.3 Å². The summed E-state index contributed by atoms with van der Waals surface area (Å²) in [6.45, 7) is 2.67. The number of hydrogen-bond donors (Lipinski definition) is 1. The number of hydrogen-bond acceptors (Lipinski definition) is 2. The van der Waals surface area contributed by atoms with E-state index >= 15 is 0 Å². The van der Waals surface area contributed by atoms with E-state index in [1.807, 2.05) is 0 Å². The highest BCUT2D eigenvalue weighted by atomic mass is 19.1. The average Bonchev–Trinajstić information content (AvgIpc) is 2.38. The molecule has 1 aromatic rings. The highest BCUT2D eigenvalue weighted by molar-refractivity contribution is 5.94. The van der Waals surface area contributed by atoms with Crippen LogP contribution in [0, 0.1) is 18.6 Å². The summed E-state index contributed by atoms with van der Waals surface area (Å²) < 4.78 is 26.7. The lowest BCUT2D eigenvalue weighted by molar-refractivity contribution is 0.0788. The summed E-state index contributed by atoms with van der Waals surface area (Å²) in [6.07, 6.45) is 2.66. The summed E-state index contributed by atoms with van der Waals surface area (Å²) in [5.74, 6) is -1.88. The van der Waals surface area contributed by atoms with Crippen LogP contribution in [0.2, 0.25) is 0 Å². The lowest BCUT2D eigenvalue weighted by atomic mass is 10.1. The third kappa shape index (κ3) is 4.28. The van der Waals surface area contributed by atoms with E-state index in [0.29, 0.717) is 13.1 Å². The summed E-state index contributed by atoms with van der Waals surface area (Å²) in [5.41, 5.74) is 5.56. The van der Waals surface area contributed by atoms with Gasteiger partial charge in [-0.2, -0.15) is 0 Å². The van der Waals surface area contributed by atoms with E-state index in [-0.39, 0.29) is 11.1 Å². The number of amides is 1. The van der Waals surface area contributed by atoms with Crippen LogP contribution in [0.1, 0.15) is 35.2 Å². The molecule has 0 aromatic heterocycles. The minimum Gasteiger partial charge on any atom is -0.342 e. The maximum atomic E-state index is 13.6. The smallest absolute Gasteiger partial charge is 0.256 e. The van der Waals surface area contributed by atoms with Crippen LogP contribution < -0.4 is 5.73 Å². The fourth-order valence-electron chi connectivity index (χ4n) is 1.80. The Balaban J connectivity index is 2.69. The van der Waals surface area contributed by atoms with Crippen LogP contribution in [0.3, 0.4) is 0 Å². The van der Waals surface area contributed by atoms with Gasteiger partial charge in [0.25, 0.3) is 5.91 Å². The average molecular weight is 270 g/mol.